The van der Waals surface area contributed by atoms with Gasteiger partial charge in [-0.05, 0) is 25.5 Å². The largest absolute Gasteiger partial charge is 0.422 e. The molecule has 21 heavy (non-hydrogen) atoms. The number of hydrogen-bond acceptors (Lipinski definition) is 4. The molecule has 0 spiro atoms. The molecule has 2 aromatic heterocycles. The van der Waals surface area contributed by atoms with Crippen molar-refractivity contribution in [2.24, 2.45) is 0 Å². The van der Waals surface area contributed by atoms with Crippen molar-refractivity contribution in [2.75, 3.05) is 13.2 Å². The number of rotatable bonds is 4. The van der Waals surface area contributed by atoms with Crippen LogP contribution in [0.5, 0.6) is 0 Å². The van der Waals surface area contributed by atoms with Gasteiger partial charge in [-0.1, -0.05) is 18.2 Å². The number of fused-ring (bicyclic) bond motifs is 3. The summed E-state index contributed by atoms with van der Waals surface area (Å²) in [5.41, 5.74) is 2.06. The summed E-state index contributed by atoms with van der Waals surface area (Å²) in [6, 6.07) is 7.53. The number of aromatic nitrogens is 1. The van der Waals surface area contributed by atoms with Crippen molar-refractivity contribution in [2.45, 2.75) is 20.3 Å². The Kier molecular flexibility index (Phi) is 3.71. The van der Waals surface area contributed by atoms with Crippen LogP contribution in [-0.2, 0) is 11.2 Å². The molecule has 0 aliphatic heterocycles. The van der Waals surface area contributed by atoms with Crippen LogP contribution in [0, 0.1) is 6.92 Å². The maximum atomic E-state index is 12.3. The maximum absolute atomic E-state index is 12.3. The second-order valence-electron chi connectivity index (χ2n) is 4.95. The van der Waals surface area contributed by atoms with E-state index in [0.717, 1.165) is 22.0 Å². The lowest BCUT2D eigenvalue weighted by molar-refractivity contribution is 0.150. The third-order valence-corrected chi connectivity index (χ3v) is 3.70. The third kappa shape index (κ3) is 2.43. The van der Waals surface area contributed by atoms with E-state index >= 15 is 0 Å². The van der Waals surface area contributed by atoms with Crippen LogP contribution >= 0.6 is 0 Å². The summed E-state index contributed by atoms with van der Waals surface area (Å²) in [7, 11) is 0. The van der Waals surface area contributed by atoms with Crippen molar-refractivity contribution in [3.05, 3.63) is 52.1 Å². The SMILES string of the molecule is CCOCCc1ncc2c(c1C)c(=O)oc1ccccc12. The highest BCUT2D eigenvalue weighted by Gasteiger charge is 2.13. The van der Waals surface area contributed by atoms with Crippen LogP contribution < -0.4 is 5.63 Å². The monoisotopic (exact) mass is 283 g/mol. The van der Waals surface area contributed by atoms with Crippen molar-refractivity contribution in [3.63, 3.8) is 0 Å². The maximum Gasteiger partial charge on any atom is 0.344 e. The Morgan fingerprint density at radius 1 is 1.24 bits per heavy atom. The van der Waals surface area contributed by atoms with E-state index in [0.29, 0.717) is 30.6 Å². The Morgan fingerprint density at radius 2 is 2.05 bits per heavy atom. The Hall–Kier alpha value is -2.20. The standard InChI is InChI=1S/C17H17NO3/c1-3-20-9-8-14-11(2)16-13(10-18-14)12-6-4-5-7-15(12)21-17(16)19/h4-7,10H,3,8-9H2,1-2H3. The van der Waals surface area contributed by atoms with Crippen LogP contribution in [0.2, 0.25) is 0 Å². The molecule has 108 valence electrons. The second-order valence-corrected chi connectivity index (χ2v) is 4.95. The summed E-state index contributed by atoms with van der Waals surface area (Å²) in [5.74, 6) is 0. The minimum atomic E-state index is -0.304. The molecule has 0 fully saturated rings. The average molecular weight is 283 g/mol. The molecule has 0 bridgehead atoms. The number of para-hydroxylation sites is 1. The minimum Gasteiger partial charge on any atom is -0.422 e. The lowest BCUT2D eigenvalue weighted by atomic mass is 10.0. The molecule has 0 unspecified atom stereocenters. The molecule has 3 rings (SSSR count). The minimum absolute atomic E-state index is 0.304. The van der Waals surface area contributed by atoms with E-state index in [4.69, 9.17) is 9.15 Å². The van der Waals surface area contributed by atoms with Crippen LogP contribution in [0.1, 0.15) is 18.2 Å². The molecule has 0 aliphatic carbocycles. The first-order valence-electron chi connectivity index (χ1n) is 7.10. The molecule has 0 N–H and O–H groups in total. The average Bonchev–Trinajstić information content (AvgIpc) is 2.49. The van der Waals surface area contributed by atoms with Crippen LogP contribution in [-0.4, -0.2) is 18.2 Å². The van der Waals surface area contributed by atoms with Crippen LogP contribution in [0.4, 0.5) is 0 Å². The van der Waals surface area contributed by atoms with Crippen molar-refractivity contribution < 1.29 is 9.15 Å². The van der Waals surface area contributed by atoms with E-state index in [9.17, 15) is 4.79 Å². The highest BCUT2D eigenvalue weighted by molar-refractivity contribution is 6.04. The lowest BCUT2D eigenvalue weighted by Crippen LogP contribution is -2.08. The first-order valence-corrected chi connectivity index (χ1v) is 7.10. The third-order valence-electron chi connectivity index (χ3n) is 3.70. The molecular weight excluding hydrogens is 266 g/mol. The zero-order valence-corrected chi connectivity index (χ0v) is 12.2. The van der Waals surface area contributed by atoms with Gasteiger partial charge in [0, 0.05) is 35.7 Å². The fraction of sp³-hybridized carbons (Fsp3) is 0.294. The summed E-state index contributed by atoms with van der Waals surface area (Å²) >= 11 is 0. The molecule has 3 aromatic rings. The molecule has 0 atom stereocenters. The van der Waals surface area contributed by atoms with E-state index in [2.05, 4.69) is 4.98 Å². The number of aryl methyl sites for hydroxylation is 1. The first-order chi connectivity index (χ1) is 10.2. The van der Waals surface area contributed by atoms with Gasteiger partial charge in [0.2, 0.25) is 0 Å². The quantitative estimate of drug-likeness (QED) is 0.419. The van der Waals surface area contributed by atoms with Crippen LogP contribution in [0.3, 0.4) is 0 Å². The van der Waals surface area contributed by atoms with Gasteiger partial charge in [0.1, 0.15) is 5.58 Å². The number of benzene rings is 1. The molecule has 0 amide bonds. The number of ether oxygens (including phenoxy) is 1. The second kappa shape index (κ2) is 5.66. The van der Waals surface area contributed by atoms with E-state index in [1.54, 1.807) is 12.3 Å². The van der Waals surface area contributed by atoms with Gasteiger partial charge in [0.25, 0.3) is 0 Å². The van der Waals surface area contributed by atoms with Gasteiger partial charge in [-0.3, -0.25) is 4.98 Å². The Labute approximate surface area is 122 Å². The van der Waals surface area contributed by atoms with Crippen molar-refractivity contribution >= 4 is 21.7 Å². The first kappa shape index (κ1) is 13.8. The van der Waals surface area contributed by atoms with Gasteiger partial charge >= 0.3 is 5.63 Å². The Morgan fingerprint density at radius 3 is 2.86 bits per heavy atom. The fourth-order valence-corrected chi connectivity index (χ4v) is 2.61. The highest BCUT2D eigenvalue weighted by atomic mass is 16.5. The van der Waals surface area contributed by atoms with Crippen molar-refractivity contribution in [3.8, 4) is 0 Å². The van der Waals surface area contributed by atoms with Crippen molar-refractivity contribution in [1.82, 2.24) is 4.98 Å². The molecule has 0 aliphatic rings. The highest BCUT2D eigenvalue weighted by Crippen LogP contribution is 2.25. The normalized spacial score (nSPS) is 11.3. The molecular formula is C17H17NO3. The van der Waals surface area contributed by atoms with E-state index < -0.39 is 0 Å². The number of nitrogens with zero attached hydrogens (tertiary/aromatic N) is 1. The number of hydrogen-bond donors (Lipinski definition) is 0. The van der Waals surface area contributed by atoms with Crippen LogP contribution in [0.25, 0.3) is 21.7 Å². The summed E-state index contributed by atoms with van der Waals surface area (Å²) < 4.78 is 10.8. The van der Waals surface area contributed by atoms with E-state index in [1.165, 1.54) is 0 Å². The molecule has 0 saturated heterocycles. The topological polar surface area (TPSA) is 52.3 Å². The summed E-state index contributed by atoms with van der Waals surface area (Å²) in [6.07, 6.45) is 2.46. The summed E-state index contributed by atoms with van der Waals surface area (Å²) in [6.45, 7) is 5.16. The summed E-state index contributed by atoms with van der Waals surface area (Å²) in [5, 5.41) is 2.38. The predicted molar refractivity (Wildman–Crippen MR) is 82.7 cm³/mol. The smallest absolute Gasteiger partial charge is 0.344 e. The van der Waals surface area contributed by atoms with Crippen LogP contribution in [0.15, 0.2) is 39.7 Å². The number of pyridine rings is 1. The van der Waals surface area contributed by atoms with Gasteiger partial charge in [-0.25, -0.2) is 4.79 Å². The van der Waals surface area contributed by atoms with Gasteiger partial charge in [0.05, 0.1) is 12.0 Å². The molecule has 0 radical (unpaired) electrons. The van der Waals surface area contributed by atoms with Crippen molar-refractivity contribution in [1.29, 1.82) is 0 Å². The van der Waals surface area contributed by atoms with Gasteiger partial charge in [-0.15, -0.1) is 0 Å². The zero-order chi connectivity index (χ0) is 14.8. The summed E-state index contributed by atoms with van der Waals surface area (Å²) in [4.78, 5) is 16.8. The fourth-order valence-electron chi connectivity index (χ4n) is 2.61. The predicted octanol–water partition coefficient (Wildman–Crippen LogP) is 3.23. The molecule has 0 saturated carbocycles. The van der Waals surface area contributed by atoms with Gasteiger partial charge in [0.15, 0.2) is 0 Å². The lowest BCUT2D eigenvalue weighted by Gasteiger charge is -2.09. The van der Waals surface area contributed by atoms with Gasteiger partial charge < -0.3 is 9.15 Å². The molecule has 4 heteroatoms. The molecule has 2 heterocycles. The zero-order valence-electron chi connectivity index (χ0n) is 12.2. The van der Waals surface area contributed by atoms with E-state index in [-0.39, 0.29) is 5.63 Å². The Bertz CT molecular complexity index is 852. The van der Waals surface area contributed by atoms with E-state index in [1.807, 2.05) is 32.0 Å². The molecule has 1 aromatic carbocycles. The Balaban J connectivity index is 2.21. The van der Waals surface area contributed by atoms with Gasteiger partial charge in [-0.2, -0.15) is 0 Å². The molecule has 4 nitrogen and oxygen atoms in total.